The molecule has 4 nitrogen and oxygen atoms in total. The predicted octanol–water partition coefficient (Wildman–Crippen LogP) is 2.27. The van der Waals surface area contributed by atoms with Gasteiger partial charge in [0.2, 0.25) is 0 Å². The smallest absolute Gasteiger partial charge is 0.410 e. The summed E-state index contributed by atoms with van der Waals surface area (Å²) in [6.07, 6.45) is 0.880. The molecule has 1 aliphatic rings. The molecule has 1 rings (SSSR count). The fourth-order valence-corrected chi connectivity index (χ4v) is 1.96. The van der Waals surface area contributed by atoms with Gasteiger partial charge in [0, 0.05) is 19.6 Å². The first kappa shape index (κ1) is 16.5. The molecule has 0 aromatic carbocycles. The van der Waals surface area contributed by atoms with Crippen LogP contribution in [-0.4, -0.2) is 42.8 Å². The van der Waals surface area contributed by atoms with Gasteiger partial charge in [-0.25, -0.2) is 4.79 Å². The molecule has 1 amide bonds. The van der Waals surface area contributed by atoms with Crippen molar-refractivity contribution in [2.45, 2.75) is 45.8 Å². The number of carbonyl (C=O) groups is 1. The molecule has 2 atom stereocenters. The lowest BCUT2D eigenvalue weighted by Crippen LogP contribution is -2.52. The molecule has 0 spiro atoms. The van der Waals surface area contributed by atoms with Crippen molar-refractivity contribution in [2.75, 3.05) is 20.1 Å². The fraction of sp³-hybridized carbons (Fsp3) is 0.917. The van der Waals surface area contributed by atoms with Crippen LogP contribution in [0.2, 0.25) is 0 Å². The summed E-state index contributed by atoms with van der Waals surface area (Å²) in [7, 11) is 1.82. The van der Waals surface area contributed by atoms with Crippen LogP contribution in [0.3, 0.4) is 0 Å². The Morgan fingerprint density at radius 3 is 2.47 bits per heavy atom. The summed E-state index contributed by atoms with van der Waals surface area (Å²) >= 11 is 0. The van der Waals surface area contributed by atoms with E-state index in [9.17, 15) is 4.79 Å². The Bertz CT molecular complexity index is 253. The second-order valence-electron chi connectivity index (χ2n) is 5.63. The van der Waals surface area contributed by atoms with Crippen LogP contribution < -0.4 is 5.32 Å². The molecule has 1 fully saturated rings. The maximum atomic E-state index is 11.9. The molecule has 5 heteroatoms. The second-order valence-corrected chi connectivity index (χ2v) is 5.63. The minimum atomic E-state index is -0.420. The number of nitrogens with zero attached hydrogens (tertiary/aromatic N) is 1. The highest BCUT2D eigenvalue weighted by molar-refractivity contribution is 5.85. The van der Waals surface area contributed by atoms with Gasteiger partial charge in [-0.2, -0.15) is 0 Å². The molecule has 0 aromatic rings. The van der Waals surface area contributed by atoms with Crippen molar-refractivity contribution in [3.63, 3.8) is 0 Å². The van der Waals surface area contributed by atoms with Crippen LogP contribution in [0.5, 0.6) is 0 Å². The maximum Gasteiger partial charge on any atom is 0.410 e. The molecule has 102 valence electrons. The number of rotatable bonds is 1. The van der Waals surface area contributed by atoms with Crippen LogP contribution in [-0.2, 0) is 4.74 Å². The Morgan fingerprint density at radius 2 is 2.00 bits per heavy atom. The largest absolute Gasteiger partial charge is 0.444 e. The number of ether oxygens (including phenoxy) is 1. The first-order valence-electron chi connectivity index (χ1n) is 5.98. The number of amides is 1. The number of hydrogen-bond acceptors (Lipinski definition) is 3. The van der Waals surface area contributed by atoms with Crippen molar-refractivity contribution in [2.24, 2.45) is 5.92 Å². The van der Waals surface area contributed by atoms with Crippen LogP contribution in [0.4, 0.5) is 4.79 Å². The molecule has 1 aliphatic heterocycles. The van der Waals surface area contributed by atoms with Crippen molar-refractivity contribution in [1.82, 2.24) is 10.2 Å². The van der Waals surface area contributed by atoms with Gasteiger partial charge in [0.25, 0.3) is 0 Å². The van der Waals surface area contributed by atoms with Crippen LogP contribution in [0, 0.1) is 5.92 Å². The van der Waals surface area contributed by atoms with E-state index in [0.29, 0.717) is 5.92 Å². The maximum absolute atomic E-state index is 11.9. The zero-order chi connectivity index (χ0) is 12.3. The van der Waals surface area contributed by atoms with Crippen LogP contribution in [0.15, 0.2) is 0 Å². The van der Waals surface area contributed by atoms with E-state index in [4.69, 9.17) is 4.74 Å². The van der Waals surface area contributed by atoms with Gasteiger partial charge in [-0.15, -0.1) is 12.4 Å². The van der Waals surface area contributed by atoms with Crippen LogP contribution in [0.25, 0.3) is 0 Å². The summed E-state index contributed by atoms with van der Waals surface area (Å²) < 4.78 is 5.36. The van der Waals surface area contributed by atoms with E-state index in [1.807, 2.05) is 27.8 Å². The number of nitrogens with one attached hydrogen (secondary N) is 1. The minimum Gasteiger partial charge on any atom is -0.444 e. The third-order valence-corrected chi connectivity index (χ3v) is 2.97. The molecule has 0 saturated carbocycles. The molecular formula is C12H25ClN2O2. The average molecular weight is 265 g/mol. The summed E-state index contributed by atoms with van der Waals surface area (Å²) in [5.74, 6) is 0.527. The zero-order valence-electron chi connectivity index (χ0n) is 11.4. The van der Waals surface area contributed by atoms with Gasteiger partial charge in [-0.1, -0.05) is 6.92 Å². The van der Waals surface area contributed by atoms with Gasteiger partial charge in [-0.05, 0) is 39.7 Å². The number of carbonyl (C=O) groups excluding carboxylic acids is 1. The van der Waals surface area contributed by atoms with E-state index >= 15 is 0 Å². The first-order chi connectivity index (χ1) is 7.31. The van der Waals surface area contributed by atoms with E-state index in [-0.39, 0.29) is 24.5 Å². The predicted molar refractivity (Wildman–Crippen MR) is 71.7 cm³/mol. The quantitative estimate of drug-likeness (QED) is 0.790. The summed E-state index contributed by atoms with van der Waals surface area (Å²) in [5, 5.41) is 3.31. The third-order valence-electron chi connectivity index (χ3n) is 2.97. The van der Waals surface area contributed by atoms with Gasteiger partial charge < -0.3 is 15.0 Å². The zero-order valence-corrected chi connectivity index (χ0v) is 12.3. The molecule has 0 unspecified atom stereocenters. The minimum absolute atomic E-state index is 0. The molecule has 17 heavy (non-hydrogen) atoms. The normalized spacial score (nSPS) is 24.8. The molecule has 0 aliphatic carbocycles. The topological polar surface area (TPSA) is 41.6 Å². The standard InChI is InChI=1S/C12H24N2O2.ClH/c1-9-6-7-13-8-10(9)14(5)11(15)16-12(2,3)4;/h9-10,13H,6-8H2,1-5H3;1H/t9-,10+;/m1./s1. The Kier molecular flexibility index (Phi) is 6.27. The first-order valence-corrected chi connectivity index (χ1v) is 5.98. The molecule has 0 radical (unpaired) electrons. The summed E-state index contributed by atoms with van der Waals surface area (Å²) in [4.78, 5) is 13.6. The van der Waals surface area contributed by atoms with Gasteiger partial charge in [0.15, 0.2) is 0 Å². The van der Waals surface area contributed by atoms with Gasteiger partial charge in [0.1, 0.15) is 5.60 Å². The van der Waals surface area contributed by atoms with E-state index < -0.39 is 5.60 Å². The molecule has 1 heterocycles. The SMILES string of the molecule is C[C@@H]1CCNC[C@@H]1N(C)C(=O)OC(C)(C)C.Cl. The summed E-state index contributed by atoms with van der Waals surface area (Å²) in [5.41, 5.74) is -0.420. The molecular weight excluding hydrogens is 240 g/mol. The van der Waals surface area contributed by atoms with Crippen molar-refractivity contribution in [3.05, 3.63) is 0 Å². The number of halogens is 1. The van der Waals surface area contributed by atoms with Crippen LogP contribution in [0.1, 0.15) is 34.1 Å². The monoisotopic (exact) mass is 264 g/mol. The highest BCUT2D eigenvalue weighted by atomic mass is 35.5. The van der Waals surface area contributed by atoms with Crippen molar-refractivity contribution < 1.29 is 9.53 Å². The fourth-order valence-electron chi connectivity index (χ4n) is 1.96. The van der Waals surface area contributed by atoms with Crippen molar-refractivity contribution >= 4 is 18.5 Å². The Balaban J connectivity index is 0.00000256. The van der Waals surface area contributed by atoms with Gasteiger partial charge in [-0.3, -0.25) is 0 Å². The van der Waals surface area contributed by atoms with E-state index in [1.54, 1.807) is 4.90 Å². The average Bonchev–Trinajstić information content (AvgIpc) is 2.15. The lowest BCUT2D eigenvalue weighted by molar-refractivity contribution is 0.0146. The number of hydrogen-bond donors (Lipinski definition) is 1. The van der Waals surface area contributed by atoms with Gasteiger partial charge >= 0.3 is 6.09 Å². The molecule has 0 bridgehead atoms. The number of piperidine rings is 1. The van der Waals surface area contributed by atoms with E-state index in [1.165, 1.54) is 0 Å². The Morgan fingerprint density at radius 1 is 1.41 bits per heavy atom. The third kappa shape index (κ3) is 5.13. The highest BCUT2D eigenvalue weighted by Gasteiger charge is 2.30. The lowest BCUT2D eigenvalue weighted by atomic mass is 9.94. The number of likely N-dealkylation sites (N-methyl/N-ethyl adjacent to an activating group) is 1. The second kappa shape index (κ2) is 6.45. The molecule has 0 aromatic heterocycles. The molecule has 1 saturated heterocycles. The highest BCUT2D eigenvalue weighted by Crippen LogP contribution is 2.18. The Labute approximate surface area is 110 Å². The lowest BCUT2D eigenvalue weighted by Gasteiger charge is -2.37. The van der Waals surface area contributed by atoms with Crippen molar-refractivity contribution in [3.8, 4) is 0 Å². The van der Waals surface area contributed by atoms with E-state index in [0.717, 1.165) is 19.5 Å². The molecule has 1 N–H and O–H groups in total. The van der Waals surface area contributed by atoms with Crippen molar-refractivity contribution in [1.29, 1.82) is 0 Å². The Hall–Kier alpha value is -0.480. The summed E-state index contributed by atoms with van der Waals surface area (Å²) in [6.45, 7) is 9.76. The van der Waals surface area contributed by atoms with Gasteiger partial charge in [0.05, 0.1) is 0 Å². The summed E-state index contributed by atoms with van der Waals surface area (Å²) in [6, 6.07) is 0.239. The van der Waals surface area contributed by atoms with E-state index in [2.05, 4.69) is 12.2 Å². The van der Waals surface area contributed by atoms with Crippen LogP contribution >= 0.6 is 12.4 Å².